The summed E-state index contributed by atoms with van der Waals surface area (Å²) < 4.78 is 46.1. The molecular weight excluding hydrogens is 531 g/mol. The number of carboxylic acids is 1. The van der Waals surface area contributed by atoms with Gasteiger partial charge < -0.3 is 25.5 Å². The number of aliphatic carboxylic acids is 1. The Bertz CT molecular complexity index is 1160. The minimum atomic E-state index is -5.08. The van der Waals surface area contributed by atoms with E-state index in [2.05, 4.69) is 10.6 Å². The second-order valence-electron chi connectivity index (χ2n) is 8.94. The number of fused-ring (bicyclic) bond motifs is 1. The molecule has 2 unspecified atom stereocenters. The fraction of sp³-hybridized carbons (Fsp3) is 0.409. The number of nitrogens with zero attached hydrogens (tertiary/aromatic N) is 2. The van der Waals surface area contributed by atoms with Gasteiger partial charge in [-0.1, -0.05) is 29.3 Å². The second-order valence-corrected chi connectivity index (χ2v) is 9.79. The zero-order valence-corrected chi connectivity index (χ0v) is 19.9. The summed E-state index contributed by atoms with van der Waals surface area (Å²) in [7, 11) is 0. The van der Waals surface area contributed by atoms with Gasteiger partial charge in [-0.05, 0) is 23.8 Å². The van der Waals surface area contributed by atoms with Crippen LogP contribution in [0.1, 0.15) is 15.9 Å². The predicted molar refractivity (Wildman–Crippen MR) is 120 cm³/mol. The lowest BCUT2D eigenvalue weighted by Gasteiger charge is -2.56. The topological polar surface area (TPSA) is 102 Å². The maximum atomic E-state index is 14.4. The number of carbonyl (C=O) groups is 3. The van der Waals surface area contributed by atoms with Crippen LogP contribution in [0.25, 0.3) is 0 Å². The number of halogens is 6. The van der Waals surface area contributed by atoms with Crippen molar-refractivity contribution < 1.29 is 37.1 Å². The van der Waals surface area contributed by atoms with Crippen molar-refractivity contribution in [2.24, 2.45) is 5.41 Å². The minimum Gasteiger partial charge on any atom is -0.475 e. The molecule has 5 rings (SSSR count). The van der Waals surface area contributed by atoms with E-state index in [0.29, 0.717) is 24.5 Å². The number of hydrogen-bond donors (Lipinski definition) is 3. The number of rotatable bonds is 3. The van der Waals surface area contributed by atoms with Crippen LogP contribution in [-0.4, -0.2) is 76.6 Å². The van der Waals surface area contributed by atoms with Crippen molar-refractivity contribution >= 4 is 41.0 Å². The zero-order chi connectivity index (χ0) is 26.4. The number of carbonyl (C=O) groups excluding carboxylic acids is 2. The van der Waals surface area contributed by atoms with E-state index in [1.165, 1.54) is 6.07 Å². The van der Waals surface area contributed by atoms with Crippen LogP contribution in [0.5, 0.6) is 0 Å². The molecule has 0 saturated carbocycles. The third-order valence-corrected chi connectivity index (χ3v) is 7.19. The molecule has 4 aliphatic rings. The highest BCUT2D eigenvalue weighted by Gasteiger charge is 2.49. The first-order valence-electron chi connectivity index (χ1n) is 10.7. The lowest BCUT2D eigenvalue weighted by Crippen LogP contribution is -2.71. The first-order chi connectivity index (χ1) is 16.8. The van der Waals surface area contributed by atoms with Gasteiger partial charge in [0, 0.05) is 49.9 Å². The molecule has 2 atom stereocenters. The van der Waals surface area contributed by atoms with Crippen molar-refractivity contribution in [3.05, 3.63) is 58.1 Å². The molecule has 194 valence electrons. The van der Waals surface area contributed by atoms with Crippen LogP contribution < -0.4 is 10.6 Å². The Morgan fingerprint density at radius 1 is 1.22 bits per heavy atom. The van der Waals surface area contributed by atoms with Crippen LogP contribution in [-0.2, 0) is 16.0 Å². The SMILES string of the molecule is O=C(O)C(F)(F)F.O=C1NC=C(Cc2ccc(F)c(C(=O)N3CC4(CNC4)C3)c2)N2C(Cl)C(Cl)=CC12. The highest BCUT2D eigenvalue weighted by molar-refractivity contribution is 6.38. The molecule has 1 aromatic rings. The zero-order valence-electron chi connectivity index (χ0n) is 18.4. The van der Waals surface area contributed by atoms with Crippen LogP contribution in [0.4, 0.5) is 17.6 Å². The van der Waals surface area contributed by atoms with Gasteiger partial charge in [0.1, 0.15) is 17.4 Å². The normalized spacial score (nSPS) is 23.9. The summed E-state index contributed by atoms with van der Waals surface area (Å²) in [5, 5.41) is 13.5. The molecule has 2 amide bonds. The van der Waals surface area contributed by atoms with E-state index in [0.717, 1.165) is 24.4 Å². The summed E-state index contributed by atoms with van der Waals surface area (Å²) in [5.41, 5.74) is 1.12. The van der Waals surface area contributed by atoms with Gasteiger partial charge in [0.2, 0.25) is 0 Å². The highest BCUT2D eigenvalue weighted by atomic mass is 35.5. The molecule has 3 N–H and O–H groups in total. The third-order valence-electron chi connectivity index (χ3n) is 6.30. The van der Waals surface area contributed by atoms with Crippen molar-refractivity contribution in [3.8, 4) is 0 Å². The van der Waals surface area contributed by atoms with E-state index in [1.54, 1.807) is 34.2 Å². The Kier molecular flexibility index (Phi) is 6.97. The monoisotopic (exact) mass is 550 g/mol. The number of allylic oxidation sites excluding steroid dienone is 1. The molecule has 2 fully saturated rings. The molecule has 2 saturated heterocycles. The number of amides is 2. The second kappa shape index (κ2) is 9.56. The lowest BCUT2D eigenvalue weighted by atomic mass is 9.74. The van der Waals surface area contributed by atoms with Gasteiger partial charge in [0.25, 0.3) is 11.8 Å². The number of hydrogen-bond acceptors (Lipinski definition) is 5. The van der Waals surface area contributed by atoms with Crippen LogP contribution in [0.3, 0.4) is 0 Å². The van der Waals surface area contributed by atoms with Gasteiger partial charge in [-0.2, -0.15) is 13.2 Å². The fourth-order valence-electron chi connectivity index (χ4n) is 4.40. The van der Waals surface area contributed by atoms with Gasteiger partial charge in [-0.15, -0.1) is 0 Å². The number of alkyl halides is 4. The molecule has 8 nitrogen and oxygen atoms in total. The van der Waals surface area contributed by atoms with Gasteiger partial charge in [-0.3, -0.25) is 9.59 Å². The molecule has 4 aliphatic heterocycles. The smallest absolute Gasteiger partial charge is 0.475 e. The van der Waals surface area contributed by atoms with Crippen molar-refractivity contribution in [1.29, 1.82) is 0 Å². The van der Waals surface area contributed by atoms with Gasteiger partial charge in [0.05, 0.1) is 10.6 Å². The standard InChI is InChI=1S/C20H19Cl2FN4O2.C2HF3O2/c21-14-5-16-18(28)25-6-12(27(16)17(14)22)3-11-1-2-15(23)13(4-11)19(29)26-9-20(10-26)7-24-8-20;3-2(4,5)1(6)7/h1-2,4-6,16-17,24H,3,7-10H2,(H,25,28);(H,6,7). The van der Waals surface area contributed by atoms with E-state index in [4.69, 9.17) is 33.1 Å². The summed E-state index contributed by atoms with van der Waals surface area (Å²) in [6.07, 6.45) is -1.49. The summed E-state index contributed by atoms with van der Waals surface area (Å²) in [6.45, 7) is 3.14. The molecule has 36 heavy (non-hydrogen) atoms. The maximum absolute atomic E-state index is 14.4. The summed E-state index contributed by atoms with van der Waals surface area (Å²) in [4.78, 5) is 37.2. The molecule has 0 bridgehead atoms. The van der Waals surface area contributed by atoms with Crippen molar-refractivity contribution in [1.82, 2.24) is 20.4 Å². The number of benzene rings is 1. The molecule has 4 heterocycles. The van der Waals surface area contributed by atoms with E-state index in [9.17, 15) is 27.2 Å². The van der Waals surface area contributed by atoms with Crippen LogP contribution in [0.2, 0.25) is 0 Å². The first kappa shape index (κ1) is 26.2. The Labute approximate surface area is 212 Å². The fourth-order valence-corrected chi connectivity index (χ4v) is 4.95. The summed E-state index contributed by atoms with van der Waals surface area (Å²) in [5.74, 6) is -3.78. The highest BCUT2D eigenvalue weighted by Crippen LogP contribution is 2.37. The Balaban J connectivity index is 0.000000384. The van der Waals surface area contributed by atoms with E-state index in [1.807, 2.05) is 0 Å². The largest absolute Gasteiger partial charge is 0.490 e. The Morgan fingerprint density at radius 3 is 2.42 bits per heavy atom. The average Bonchev–Trinajstić information content (AvgIpc) is 3.04. The van der Waals surface area contributed by atoms with E-state index in [-0.39, 0.29) is 22.8 Å². The van der Waals surface area contributed by atoms with Crippen molar-refractivity contribution in [2.45, 2.75) is 24.1 Å². The van der Waals surface area contributed by atoms with Crippen molar-refractivity contribution in [2.75, 3.05) is 26.2 Å². The quantitative estimate of drug-likeness (QED) is 0.303. The third kappa shape index (κ3) is 5.02. The average molecular weight is 551 g/mol. The van der Waals surface area contributed by atoms with Crippen molar-refractivity contribution in [3.63, 3.8) is 0 Å². The number of carboxylic acid groups (broad SMARTS) is 1. The number of nitrogens with one attached hydrogen (secondary N) is 2. The van der Waals surface area contributed by atoms with E-state index >= 15 is 0 Å². The lowest BCUT2D eigenvalue weighted by molar-refractivity contribution is -0.192. The molecule has 1 aromatic carbocycles. The number of likely N-dealkylation sites (tertiary alicyclic amines) is 1. The molecule has 0 aromatic heterocycles. The van der Waals surface area contributed by atoms with Gasteiger partial charge in [-0.25, -0.2) is 9.18 Å². The van der Waals surface area contributed by atoms with Gasteiger partial charge in [0.15, 0.2) is 0 Å². The van der Waals surface area contributed by atoms with E-state index < -0.39 is 29.5 Å². The van der Waals surface area contributed by atoms with Crippen LogP contribution in [0.15, 0.2) is 41.2 Å². The summed E-state index contributed by atoms with van der Waals surface area (Å²) in [6, 6.07) is 3.97. The molecule has 0 radical (unpaired) electrons. The molecule has 14 heteroatoms. The van der Waals surface area contributed by atoms with Crippen LogP contribution >= 0.6 is 23.2 Å². The maximum Gasteiger partial charge on any atom is 0.490 e. The predicted octanol–water partition coefficient (Wildman–Crippen LogP) is 2.39. The molecule has 1 spiro atoms. The van der Waals surface area contributed by atoms with Gasteiger partial charge >= 0.3 is 12.1 Å². The molecular formula is C22H20Cl2F4N4O4. The van der Waals surface area contributed by atoms with Crippen LogP contribution in [0, 0.1) is 11.2 Å². The summed E-state index contributed by atoms with van der Waals surface area (Å²) >= 11 is 12.5. The molecule has 0 aliphatic carbocycles. The Morgan fingerprint density at radius 2 is 1.86 bits per heavy atom. The minimum absolute atomic E-state index is 0.0710. The first-order valence-corrected chi connectivity index (χ1v) is 11.5. The Hall–Kier alpha value is -2.83.